The quantitative estimate of drug-likeness (QED) is 0.284. The predicted molar refractivity (Wildman–Crippen MR) is 42.4 cm³/mol. The van der Waals surface area contributed by atoms with Gasteiger partial charge >= 0.3 is 7.75 Å². The maximum atomic E-state index is 10.1. The molecule has 3 N–H and O–H groups in total. The number of hydrogen-bond acceptors (Lipinski definition) is 2. The van der Waals surface area contributed by atoms with Crippen LogP contribution in [0.25, 0.3) is 0 Å². The molecule has 0 fully saturated rings. The minimum Gasteiger partial charge on any atom is -0.308 e. The van der Waals surface area contributed by atoms with Crippen molar-refractivity contribution in [2.24, 2.45) is 0 Å². The third-order valence-electron chi connectivity index (χ3n) is 0.392. The molecule has 0 aromatic carbocycles. The van der Waals surface area contributed by atoms with Crippen molar-refractivity contribution in [2.45, 2.75) is 0 Å². The summed E-state index contributed by atoms with van der Waals surface area (Å²) < 4.78 is 9.90. The monoisotopic (exact) mass is 187 g/mol. The summed E-state index contributed by atoms with van der Waals surface area (Å²) >= 11 is 4.90. The van der Waals surface area contributed by atoms with Crippen LogP contribution in [0.5, 0.6) is 0 Å². The molecule has 0 atom stereocenters. The normalized spacial score (nSPS) is 9.00. The molecule has 0 aromatic heterocycles. The van der Waals surface area contributed by atoms with E-state index < -0.39 is 19.5 Å². The fraction of sp³-hybridized carbons (Fsp3) is 0.500. The zero-order valence-corrected chi connectivity index (χ0v) is 7.89. The van der Waals surface area contributed by atoms with Gasteiger partial charge < -0.3 is 9.79 Å². The van der Waals surface area contributed by atoms with Crippen LogP contribution in [0, 0.1) is 0 Å². The van der Waals surface area contributed by atoms with E-state index in [1.54, 1.807) is 0 Å². The average Bonchev–Trinajstić information content (AvgIpc) is 1.62. The van der Waals surface area contributed by atoms with Gasteiger partial charge in [0.05, 0.1) is 0 Å². The molecule has 0 saturated heterocycles. The molecule has 2 radical (unpaired) electrons. The number of nitrogens with one attached hydrogen (secondary N) is 1. The van der Waals surface area contributed by atoms with E-state index in [4.69, 9.17) is 21.4 Å². The molecule has 0 unspecified atom stereocenters. The molecule has 56 valence electrons. The SMILES string of the molecule is O=C(CCl)NP(=O)(O)O.[Li].[Li]. The molecule has 0 spiro atoms. The van der Waals surface area contributed by atoms with Crippen molar-refractivity contribution in [1.29, 1.82) is 0 Å². The Morgan fingerprint density at radius 2 is 1.82 bits per heavy atom. The molecule has 9 heteroatoms. The maximum absolute atomic E-state index is 10.1. The van der Waals surface area contributed by atoms with E-state index in [0.717, 1.165) is 0 Å². The van der Waals surface area contributed by atoms with Crippen molar-refractivity contribution >= 4 is 63.0 Å². The second-order valence-corrected chi connectivity index (χ2v) is 2.79. The standard InChI is InChI=1S/C2H5ClNO4P.2Li/c3-1-2(5)4-9(6,7)8;;/h1H2,(H3,4,5,6,7,8);;. The molecule has 1 amide bonds. The molecule has 0 saturated carbocycles. The summed E-state index contributed by atoms with van der Waals surface area (Å²) in [6.07, 6.45) is 0. The van der Waals surface area contributed by atoms with Crippen molar-refractivity contribution < 1.29 is 19.1 Å². The van der Waals surface area contributed by atoms with Crippen LogP contribution in [0.4, 0.5) is 0 Å². The van der Waals surface area contributed by atoms with Crippen molar-refractivity contribution in [1.82, 2.24) is 5.09 Å². The smallest absolute Gasteiger partial charge is 0.308 e. The molecule has 0 aliphatic carbocycles. The van der Waals surface area contributed by atoms with Crippen LogP contribution in [-0.2, 0) is 9.36 Å². The summed E-state index contributed by atoms with van der Waals surface area (Å²) in [5.41, 5.74) is 0. The molecule has 0 aliphatic rings. The van der Waals surface area contributed by atoms with E-state index in [1.807, 2.05) is 0 Å². The first-order valence-corrected chi connectivity index (χ1v) is 4.03. The molecule has 0 aromatic rings. The Balaban J connectivity index is -0.000000320. The molecule has 0 aliphatic heterocycles. The van der Waals surface area contributed by atoms with Crippen LogP contribution >= 0.6 is 19.3 Å². The zero-order chi connectivity index (χ0) is 7.49. The van der Waals surface area contributed by atoms with Gasteiger partial charge in [0.2, 0.25) is 5.91 Å². The minimum atomic E-state index is -4.42. The van der Waals surface area contributed by atoms with Crippen molar-refractivity contribution in [3.8, 4) is 0 Å². The van der Waals surface area contributed by atoms with Gasteiger partial charge in [0.15, 0.2) is 0 Å². The molecular formula is C2H5ClLi2NO4P. The number of carbonyl (C=O) groups excluding carboxylic acids is 1. The first-order chi connectivity index (χ1) is 3.95. The van der Waals surface area contributed by atoms with E-state index in [1.165, 1.54) is 5.09 Å². The third-order valence-corrected chi connectivity index (χ3v) is 1.18. The van der Waals surface area contributed by atoms with Crippen molar-refractivity contribution in [3.05, 3.63) is 0 Å². The van der Waals surface area contributed by atoms with Gasteiger partial charge in [-0.3, -0.25) is 9.88 Å². The molecule has 0 heterocycles. The van der Waals surface area contributed by atoms with Gasteiger partial charge in [-0.1, -0.05) is 0 Å². The Labute approximate surface area is 92.8 Å². The third kappa shape index (κ3) is 14.0. The second-order valence-electron chi connectivity index (χ2n) is 1.21. The fourth-order valence-corrected chi connectivity index (χ4v) is 0.756. The first kappa shape index (κ1) is 18.0. The van der Waals surface area contributed by atoms with Gasteiger partial charge in [-0.2, -0.15) is 0 Å². The summed E-state index contributed by atoms with van der Waals surface area (Å²) in [7, 11) is -4.42. The van der Waals surface area contributed by atoms with Gasteiger partial charge in [-0.25, -0.2) is 4.57 Å². The van der Waals surface area contributed by atoms with Gasteiger partial charge in [0, 0.05) is 37.7 Å². The van der Waals surface area contributed by atoms with Gasteiger partial charge in [0.25, 0.3) is 0 Å². The summed E-state index contributed by atoms with van der Waals surface area (Å²) in [6, 6.07) is 0. The van der Waals surface area contributed by atoms with Gasteiger partial charge in [-0.15, -0.1) is 11.6 Å². The molecule has 5 nitrogen and oxygen atoms in total. The summed E-state index contributed by atoms with van der Waals surface area (Å²) in [5, 5.41) is 1.36. The molecule has 0 rings (SSSR count). The number of amides is 1. The van der Waals surface area contributed by atoms with Crippen molar-refractivity contribution in [2.75, 3.05) is 5.88 Å². The van der Waals surface area contributed by atoms with E-state index in [2.05, 4.69) is 0 Å². The Bertz CT molecular complexity index is 160. The number of halogens is 1. The first-order valence-electron chi connectivity index (χ1n) is 1.88. The topological polar surface area (TPSA) is 86.6 Å². The number of carbonyl (C=O) groups is 1. The summed E-state index contributed by atoms with van der Waals surface area (Å²) in [4.78, 5) is 26.2. The van der Waals surface area contributed by atoms with Crippen LogP contribution < -0.4 is 5.09 Å². The Hall–Kier alpha value is 1.10. The van der Waals surface area contributed by atoms with Crippen LogP contribution in [0.3, 0.4) is 0 Å². The van der Waals surface area contributed by atoms with E-state index in [-0.39, 0.29) is 37.7 Å². The van der Waals surface area contributed by atoms with Crippen molar-refractivity contribution in [3.63, 3.8) is 0 Å². The largest absolute Gasteiger partial charge is 0.429 e. The van der Waals surface area contributed by atoms with Gasteiger partial charge in [0.1, 0.15) is 5.88 Å². The average molecular weight is 187 g/mol. The van der Waals surface area contributed by atoms with Crippen LogP contribution in [0.15, 0.2) is 0 Å². The number of hydrogen-bond donors (Lipinski definition) is 3. The van der Waals surface area contributed by atoms with Gasteiger partial charge in [-0.05, 0) is 0 Å². The Kier molecular flexibility index (Phi) is 12.7. The molecular weight excluding hydrogens is 182 g/mol. The number of rotatable bonds is 2. The maximum Gasteiger partial charge on any atom is 0.429 e. The molecule has 11 heavy (non-hydrogen) atoms. The van der Waals surface area contributed by atoms with Crippen LogP contribution in [-0.4, -0.2) is 59.3 Å². The second kappa shape index (κ2) is 7.74. The number of alkyl halides is 1. The summed E-state index contributed by atoms with van der Waals surface area (Å²) in [5.74, 6) is -1.34. The molecule has 0 bridgehead atoms. The van der Waals surface area contributed by atoms with E-state index >= 15 is 0 Å². The van der Waals surface area contributed by atoms with Crippen LogP contribution in [0.1, 0.15) is 0 Å². The zero-order valence-electron chi connectivity index (χ0n) is 6.24. The Morgan fingerprint density at radius 3 is 1.91 bits per heavy atom. The Morgan fingerprint density at radius 1 is 1.45 bits per heavy atom. The predicted octanol–water partition coefficient (Wildman–Crippen LogP) is -1.33. The fourth-order valence-electron chi connectivity index (χ4n) is 0.192. The summed E-state index contributed by atoms with van der Waals surface area (Å²) in [6.45, 7) is 0. The van der Waals surface area contributed by atoms with E-state index in [0.29, 0.717) is 0 Å². The van der Waals surface area contributed by atoms with E-state index in [9.17, 15) is 9.36 Å². The van der Waals surface area contributed by atoms with Crippen LogP contribution in [0.2, 0.25) is 0 Å². The minimum absolute atomic E-state index is 0.